The van der Waals surface area contributed by atoms with Crippen molar-refractivity contribution in [2.24, 2.45) is 0 Å². The van der Waals surface area contributed by atoms with Crippen LogP contribution in [0, 0.1) is 0 Å². The van der Waals surface area contributed by atoms with Crippen molar-refractivity contribution in [1.82, 2.24) is 0 Å². The Balaban J connectivity index is 2.96. The molecule has 0 aromatic heterocycles. The lowest BCUT2D eigenvalue weighted by Gasteiger charge is -2.19. The summed E-state index contributed by atoms with van der Waals surface area (Å²) in [6.07, 6.45) is 0. The number of benzene rings is 1. The number of esters is 1. The van der Waals surface area contributed by atoms with E-state index in [1.54, 1.807) is 18.2 Å². The van der Waals surface area contributed by atoms with Crippen LogP contribution in [0.4, 0.5) is 0 Å². The van der Waals surface area contributed by atoms with Gasteiger partial charge in [-0.3, -0.25) is 0 Å². The summed E-state index contributed by atoms with van der Waals surface area (Å²) in [6, 6.07) is 5.27. The summed E-state index contributed by atoms with van der Waals surface area (Å²) in [5.74, 6) is -0.342. The molecule has 0 radical (unpaired) electrons. The van der Waals surface area contributed by atoms with Crippen LogP contribution in [0.25, 0.3) is 0 Å². The molecule has 0 atom stereocenters. The first-order valence-electron chi connectivity index (χ1n) is 4.51. The van der Waals surface area contributed by atoms with Gasteiger partial charge in [-0.1, -0.05) is 0 Å². The topological polar surface area (TPSA) is 26.3 Å². The summed E-state index contributed by atoms with van der Waals surface area (Å²) >= 11 is 7.48. The quantitative estimate of drug-likeness (QED) is 0.630. The van der Waals surface area contributed by atoms with Gasteiger partial charge in [0.2, 0.25) is 0 Å². The Morgan fingerprint density at radius 3 is 2.53 bits per heavy atom. The van der Waals surface area contributed by atoms with E-state index in [1.807, 2.05) is 20.8 Å². The fourth-order valence-electron chi connectivity index (χ4n) is 1.00. The summed E-state index contributed by atoms with van der Waals surface area (Å²) < 4.78 is 5.97. The van der Waals surface area contributed by atoms with Crippen LogP contribution in [0.1, 0.15) is 31.1 Å². The van der Waals surface area contributed by atoms with E-state index in [1.165, 1.54) is 0 Å². The summed E-state index contributed by atoms with van der Waals surface area (Å²) in [5, 5.41) is 0. The molecule has 0 bridgehead atoms. The Morgan fingerprint density at radius 2 is 2.00 bits per heavy atom. The molecule has 82 valence electrons. The Hall–Kier alpha value is -0.480. The maximum Gasteiger partial charge on any atom is 0.339 e. The van der Waals surface area contributed by atoms with Crippen LogP contribution in [0.5, 0.6) is 0 Å². The second-order valence-corrected chi connectivity index (χ2v) is 5.54. The van der Waals surface area contributed by atoms with Crippen molar-refractivity contribution in [3.63, 3.8) is 0 Å². The van der Waals surface area contributed by atoms with Gasteiger partial charge in [0.05, 0.1) is 5.56 Å². The summed E-state index contributed by atoms with van der Waals surface area (Å²) in [7, 11) is 0. The van der Waals surface area contributed by atoms with Crippen molar-refractivity contribution in [3.05, 3.63) is 28.2 Å². The lowest BCUT2D eigenvalue weighted by atomic mass is 10.1. The fourth-order valence-corrected chi connectivity index (χ4v) is 1.61. The minimum absolute atomic E-state index is 0.342. The Morgan fingerprint density at radius 1 is 1.40 bits per heavy atom. The first-order chi connectivity index (χ1) is 6.79. The molecule has 1 rings (SSSR count). The van der Waals surface area contributed by atoms with E-state index in [-0.39, 0.29) is 5.97 Å². The molecule has 0 amide bonds. The maximum atomic E-state index is 11.7. The largest absolute Gasteiger partial charge is 0.456 e. The van der Waals surface area contributed by atoms with Crippen LogP contribution in [0.2, 0.25) is 0 Å². The first-order valence-corrected chi connectivity index (χ1v) is 5.75. The van der Waals surface area contributed by atoms with E-state index in [4.69, 9.17) is 4.74 Å². The van der Waals surface area contributed by atoms with E-state index < -0.39 is 5.60 Å². The predicted molar refractivity (Wildman–Crippen MR) is 66.6 cm³/mol. The first kappa shape index (κ1) is 12.6. The number of hydrogen-bond acceptors (Lipinski definition) is 3. The third-order valence-corrected chi connectivity index (χ3v) is 2.54. The molecular weight excluding hydrogens is 276 g/mol. The zero-order chi connectivity index (χ0) is 11.6. The molecule has 0 N–H and O–H groups in total. The van der Waals surface area contributed by atoms with Gasteiger partial charge in [-0.15, -0.1) is 12.6 Å². The van der Waals surface area contributed by atoms with Crippen LogP contribution in [-0.2, 0) is 4.74 Å². The highest BCUT2D eigenvalue weighted by atomic mass is 79.9. The molecular formula is C11H13BrO2S. The van der Waals surface area contributed by atoms with E-state index in [0.29, 0.717) is 5.56 Å². The molecule has 0 saturated heterocycles. The molecule has 15 heavy (non-hydrogen) atoms. The van der Waals surface area contributed by atoms with Crippen LogP contribution in [-0.4, -0.2) is 11.6 Å². The van der Waals surface area contributed by atoms with Crippen molar-refractivity contribution in [2.45, 2.75) is 31.3 Å². The zero-order valence-electron chi connectivity index (χ0n) is 8.87. The van der Waals surface area contributed by atoms with E-state index in [0.717, 1.165) is 9.37 Å². The molecule has 0 aliphatic rings. The smallest absolute Gasteiger partial charge is 0.339 e. The van der Waals surface area contributed by atoms with Crippen molar-refractivity contribution in [1.29, 1.82) is 0 Å². The molecule has 0 saturated carbocycles. The average Bonchev–Trinajstić information content (AvgIpc) is 2.06. The second-order valence-electron chi connectivity index (χ2n) is 4.17. The standard InChI is InChI=1S/C11H13BrO2S/c1-11(2,3)14-10(13)8-6-7(15)4-5-9(8)12/h4-6,15H,1-3H3. The number of halogens is 1. The number of ether oxygens (including phenoxy) is 1. The van der Waals surface area contributed by atoms with E-state index in [2.05, 4.69) is 28.6 Å². The van der Waals surface area contributed by atoms with Crippen LogP contribution in [0.3, 0.4) is 0 Å². The highest BCUT2D eigenvalue weighted by Crippen LogP contribution is 2.22. The third-order valence-electron chi connectivity index (χ3n) is 1.57. The number of rotatable bonds is 1. The lowest BCUT2D eigenvalue weighted by Crippen LogP contribution is -2.24. The monoisotopic (exact) mass is 288 g/mol. The van der Waals surface area contributed by atoms with E-state index in [9.17, 15) is 4.79 Å². The third kappa shape index (κ3) is 3.87. The maximum absolute atomic E-state index is 11.7. The number of carbonyl (C=O) groups is 1. The fraction of sp³-hybridized carbons (Fsp3) is 0.364. The van der Waals surface area contributed by atoms with Gasteiger partial charge < -0.3 is 4.74 Å². The summed E-state index contributed by atoms with van der Waals surface area (Å²) in [4.78, 5) is 12.5. The van der Waals surface area contributed by atoms with Gasteiger partial charge in [-0.05, 0) is 54.9 Å². The Kier molecular flexibility index (Phi) is 3.84. The van der Waals surface area contributed by atoms with Gasteiger partial charge in [-0.2, -0.15) is 0 Å². The molecule has 0 aliphatic heterocycles. The normalized spacial score (nSPS) is 11.3. The van der Waals surface area contributed by atoms with Crippen molar-refractivity contribution in [2.75, 3.05) is 0 Å². The van der Waals surface area contributed by atoms with Gasteiger partial charge in [0, 0.05) is 9.37 Å². The van der Waals surface area contributed by atoms with Gasteiger partial charge in [0.15, 0.2) is 0 Å². The summed E-state index contributed by atoms with van der Waals surface area (Å²) in [5.41, 5.74) is 0.0146. The molecule has 1 aromatic rings. The van der Waals surface area contributed by atoms with Gasteiger partial charge in [0.25, 0.3) is 0 Å². The lowest BCUT2D eigenvalue weighted by molar-refractivity contribution is 0.00682. The van der Waals surface area contributed by atoms with Crippen LogP contribution in [0.15, 0.2) is 27.6 Å². The zero-order valence-corrected chi connectivity index (χ0v) is 11.4. The summed E-state index contributed by atoms with van der Waals surface area (Å²) in [6.45, 7) is 5.51. The van der Waals surface area contributed by atoms with Gasteiger partial charge >= 0.3 is 5.97 Å². The molecule has 0 unspecified atom stereocenters. The van der Waals surface area contributed by atoms with Crippen molar-refractivity contribution >= 4 is 34.5 Å². The minimum Gasteiger partial charge on any atom is -0.456 e. The number of hydrogen-bond donors (Lipinski definition) is 1. The van der Waals surface area contributed by atoms with Crippen LogP contribution >= 0.6 is 28.6 Å². The molecule has 2 nitrogen and oxygen atoms in total. The predicted octanol–water partition coefficient (Wildman–Crippen LogP) is 3.69. The SMILES string of the molecule is CC(C)(C)OC(=O)c1cc(S)ccc1Br. The molecule has 0 heterocycles. The average molecular weight is 289 g/mol. The Bertz CT molecular complexity index is 383. The molecule has 0 fully saturated rings. The highest BCUT2D eigenvalue weighted by molar-refractivity contribution is 9.10. The molecule has 0 aliphatic carbocycles. The van der Waals surface area contributed by atoms with Crippen molar-refractivity contribution in [3.8, 4) is 0 Å². The minimum atomic E-state index is -0.483. The molecule has 0 spiro atoms. The van der Waals surface area contributed by atoms with Crippen molar-refractivity contribution < 1.29 is 9.53 Å². The van der Waals surface area contributed by atoms with Gasteiger partial charge in [-0.25, -0.2) is 4.79 Å². The van der Waals surface area contributed by atoms with E-state index >= 15 is 0 Å². The Labute approximate surface area is 104 Å². The second kappa shape index (κ2) is 4.58. The van der Waals surface area contributed by atoms with Gasteiger partial charge in [0.1, 0.15) is 5.60 Å². The molecule has 4 heteroatoms. The highest BCUT2D eigenvalue weighted by Gasteiger charge is 2.19. The number of thiol groups is 1. The van der Waals surface area contributed by atoms with Crippen LogP contribution < -0.4 is 0 Å². The molecule has 1 aromatic carbocycles. The number of carbonyl (C=O) groups excluding carboxylic acids is 1.